The van der Waals surface area contributed by atoms with Crippen LogP contribution in [0.25, 0.3) is 0 Å². The lowest BCUT2D eigenvalue weighted by Gasteiger charge is -2.47. The second-order valence-corrected chi connectivity index (χ2v) is 6.08. The largest absolute Gasteiger partial charge is 0.481 e. The molecule has 2 rings (SSSR count). The van der Waals surface area contributed by atoms with E-state index in [9.17, 15) is 14.4 Å². The highest BCUT2D eigenvalue weighted by atomic mass is 16.4. The van der Waals surface area contributed by atoms with Gasteiger partial charge in [0.1, 0.15) is 0 Å². The molecule has 2 amide bonds. The normalized spacial score (nSPS) is 33.9. The van der Waals surface area contributed by atoms with E-state index in [1.54, 1.807) is 0 Å². The van der Waals surface area contributed by atoms with Gasteiger partial charge in [-0.25, -0.2) is 0 Å². The van der Waals surface area contributed by atoms with Crippen molar-refractivity contribution in [3.05, 3.63) is 0 Å². The van der Waals surface area contributed by atoms with Gasteiger partial charge < -0.3 is 5.11 Å². The molecule has 1 aliphatic heterocycles. The summed E-state index contributed by atoms with van der Waals surface area (Å²) < 4.78 is 0. The van der Waals surface area contributed by atoms with Crippen LogP contribution in [0.1, 0.15) is 40.0 Å². The van der Waals surface area contributed by atoms with Crippen LogP contribution < -0.4 is 0 Å². The number of carboxylic acid groups (broad SMARTS) is 1. The zero-order valence-corrected chi connectivity index (χ0v) is 11.0. The Labute approximate surface area is 106 Å². The Kier molecular flexibility index (Phi) is 2.76. The lowest BCUT2D eigenvalue weighted by Crippen LogP contribution is -2.59. The number of imide groups is 1. The maximum absolute atomic E-state index is 12.5. The number of piperidine rings is 1. The number of hydrogen-bond donors (Lipinski definition) is 1. The second-order valence-electron chi connectivity index (χ2n) is 6.08. The van der Waals surface area contributed by atoms with Crippen molar-refractivity contribution in [2.75, 3.05) is 6.54 Å². The van der Waals surface area contributed by atoms with Gasteiger partial charge in [0, 0.05) is 12.5 Å². The monoisotopic (exact) mass is 253 g/mol. The molecular formula is C13H19NO4. The van der Waals surface area contributed by atoms with Crippen molar-refractivity contribution in [1.29, 1.82) is 0 Å². The number of hydrogen-bond acceptors (Lipinski definition) is 3. The predicted molar refractivity (Wildman–Crippen MR) is 63.6 cm³/mol. The van der Waals surface area contributed by atoms with Gasteiger partial charge in [-0.05, 0) is 18.3 Å². The highest BCUT2D eigenvalue weighted by Gasteiger charge is 2.64. The summed E-state index contributed by atoms with van der Waals surface area (Å²) in [6.45, 7) is 5.83. The van der Waals surface area contributed by atoms with Crippen LogP contribution in [-0.4, -0.2) is 34.3 Å². The van der Waals surface area contributed by atoms with Crippen molar-refractivity contribution in [2.45, 2.75) is 40.0 Å². The van der Waals surface area contributed by atoms with Gasteiger partial charge in [-0.3, -0.25) is 19.3 Å². The molecule has 1 heterocycles. The molecule has 2 fully saturated rings. The summed E-state index contributed by atoms with van der Waals surface area (Å²) in [5.41, 5.74) is -0.870. The van der Waals surface area contributed by atoms with E-state index in [1.165, 1.54) is 0 Å². The molecule has 0 aromatic rings. The van der Waals surface area contributed by atoms with Gasteiger partial charge in [-0.15, -0.1) is 0 Å². The van der Waals surface area contributed by atoms with E-state index < -0.39 is 11.4 Å². The van der Waals surface area contributed by atoms with Gasteiger partial charge in [0.25, 0.3) is 0 Å². The zero-order chi connectivity index (χ0) is 13.7. The van der Waals surface area contributed by atoms with Crippen LogP contribution in [-0.2, 0) is 14.4 Å². The lowest BCUT2D eigenvalue weighted by molar-refractivity contribution is -0.168. The van der Waals surface area contributed by atoms with Gasteiger partial charge >= 0.3 is 5.97 Å². The molecule has 2 bridgehead atoms. The fraction of sp³-hybridized carbons (Fsp3) is 0.769. The lowest BCUT2D eigenvalue weighted by atomic mass is 9.62. The summed E-state index contributed by atoms with van der Waals surface area (Å²) in [7, 11) is 0. The maximum atomic E-state index is 12.5. The number of amides is 2. The summed E-state index contributed by atoms with van der Waals surface area (Å²) in [5.74, 6) is -1.54. The van der Waals surface area contributed by atoms with Crippen molar-refractivity contribution < 1.29 is 19.5 Å². The molecule has 5 heteroatoms. The van der Waals surface area contributed by atoms with Crippen molar-refractivity contribution in [2.24, 2.45) is 16.7 Å². The van der Waals surface area contributed by atoms with Gasteiger partial charge in [0.2, 0.25) is 11.8 Å². The summed E-state index contributed by atoms with van der Waals surface area (Å²) in [6.07, 6.45) is 1.25. The number of rotatable bonds is 3. The second kappa shape index (κ2) is 3.80. The minimum absolute atomic E-state index is 0.00479. The Morgan fingerprint density at radius 3 is 2.56 bits per heavy atom. The summed E-state index contributed by atoms with van der Waals surface area (Å²) >= 11 is 0. The molecule has 2 aliphatic rings. The fourth-order valence-corrected chi connectivity index (χ4v) is 3.32. The van der Waals surface area contributed by atoms with E-state index in [0.29, 0.717) is 6.42 Å². The van der Waals surface area contributed by atoms with Crippen molar-refractivity contribution >= 4 is 17.8 Å². The van der Waals surface area contributed by atoms with E-state index in [2.05, 4.69) is 0 Å². The minimum Gasteiger partial charge on any atom is -0.481 e. The number of likely N-dealkylation sites (tertiary alicyclic amines) is 1. The number of nitrogens with zero attached hydrogens (tertiary/aromatic N) is 1. The van der Waals surface area contributed by atoms with Crippen LogP contribution in [0.5, 0.6) is 0 Å². The van der Waals surface area contributed by atoms with Crippen molar-refractivity contribution in [1.82, 2.24) is 4.90 Å². The van der Waals surface area contributed by atoms with E-state index >= 15 is 0 Å². The third-order valence-electron chi connectivity index (χ3n) is 5.06. The number of fused-ring (bicyclic) bond motifs is 2. The summed E-state index contributed by atoms with van der Waals surface area (Å²) in [5, 5.41) is 8.68. The third kappa shape index (κ3) is 1.49. The van der Waals surface area contributed by atoms with Crippen LogP contribution in [0.4, 0.5) is 0 Å². The highest BCUT2D eigenvalue weighted by Crippen LogP contribution is 2.59. The molecule has 0 unspecified atom stereocenters. The number of carboxylic acids is 1. The summed E-state index contributed by atoms with van der Waals surface area (Å²) in [6, 6.07) is 0. The van der Waals surface area contributed by atoms with E-state index in [-0.39, 0.29) is 36.1 Å². The predicted octanol–water partition coefficient (Wildman–Crippen LogP) is 1.27. The molecule has 1 aliphatic carbocycles. The molecule has 5 nitrogen and oxygen atoms in total. The molecule has 0 aromatic heterocycles. The Morgan fingerprint density at radius 1 is 1.39 bits per heavy atom. The zero-order valence-electron chi connectivity index (χ0n) is 11.0. The molecule has 0 aromatic carbocycles. The number of carbonyl (C=O) groups excluding carboxylic acids is 2. The molecular weight excluding hydrogens is 234 g/mol. The first-order valence-corrected chi connectivity index (χ1v) is 6.29. The van der Waals surface area contributed by atoms with E-state index in [4.69, 9.17) is 5.11 Å². The Balaban J connectivity index is 2.30. The molecule has 0 spiro atoms. The molecule has 1 N–H and O–H groups in total. The first-order valence-electron chi connectivity index (χ1n) is 6.29. The molecule has 0 radical (unpaired) electrons. The number of carbonyl (C=O) groups is 3. The van der Waals surface area contributed by atoms with Gasteiger partial charge in [0.05, 0.1) is 11.8 Å². The van der Waals surface area contributed by atoms with Gasteiger partial charge in [-0.1, -0.05) is 20.8 Å². The highest BCUT2D eigenvalue weighted by molar-refractivity contribution is 6.04. The Morgan fingerprint density at radius 2 is 2.00 bits per heavy atom. The standard InChI is InChI=1S/C13H19NO4/c1-12(2)8-4-6-13(12,3)11(18)14(10(8)17)7-5-9(15)16/h8H,4-7H2,1-3H3,(H,15,16)/t8-,13-/m0/s1. The van der Waals surface area contributed by atoms with Crippen LogP contribution >= 0.6 is 0 Å². The quantitative estimate of drug-likeness (QED) is 0.769. The minimum atomic E-state index is -0.988. The Hall–Kier alpha value is -1.39. The SMILES string of the molecule is CC1(C)[C@H]2CC[C@@]1(C)C(=O)N(CCC(=O)O)C2=O. The van der Waals surface area contributed by atoms with Gasteiger partial charge in [-0.2, -0.15) is 0 Å². The Bertz CT molecular complexity index is 429. The molecule has 1 saturated heterocycles. The summed E-state index contributed by atoms with van der Waals surface area (Å²) in [4.78, 5) is 36.5. The average Bonchev–Trinajstić information content (AvgIpc) is 2.44. The fourth-order valence-electron chi connectivity index (χ4n) is 3.32. The molecule has 2 atom stereocenters. The average molecular weight is 253 g/mol. The van der Waals surface area contributed by atoms with E-state index in [1.807, 2.05) is 20.8 Å². The first kappa shape index (κ1) is 13.1. The third-order valence-corrected chi connectivity index (χ3v) is 5.06. The van der Waals surface area contributed by atoms with Crippen LogP contribution in [0, 0.1) is 16.7 Å². The van der Waals surface area contributed by atoms with Crippen LogP contribution in [0.3, 0.4) is 0 Å². The molecule has 1 saturated carbocycles. The van der Waals surface area contributed by atoms with Crippen LogP contribution in [0.15, 0.2) is 0 Å². The molecule has 18 heavy (non-hydrogen) atoms. The topological polar surface area (TPSA) is 74.7 Å². The maximum Gasteiger partial charge on any atom is 0.305 e. The first-order chi connectivity index (χ1) is 8.22. The molecule has 100 valence electrons. The van der Waals surface area contributed by atoms with Gasteiger partial charge in [0.15, 0.2) is 0 Å². The number of aliphatic carboxylic acids is 1. The van der Waals surface area contributed by atoms with E-state index in [0.717, 1.165) is 11.3 Å². The van der Waals surface area contributed by atoms with Crippen molar-refractivity contribution in [3.8, 4) is 0 Å². The van der Waals surface area contributed by atoms with Crippen molar-refractivity contribution in [3.63, 3.8) is 0 Å². The van der Waals surface area contributed by atoms with Crippen LogP contribution in [0.2, 0.25) is 0 Å². The smallest absolute Gasteiger partial charge is 0.305 e.